The van der Waals surface area contributed by atoms with Crippen LogP contribution in [0.2, 0.25) is 0 Å². The van der Waals surface area contributed by atoms with Gasteiger partial charge in [0.15, 0.2) is 11.5 Å². The summed E-state index contributed by atoms with van der Waals surface area (Å²) in [5.41, 5.74) is 3.85. The SMILES string of the molecule is CNC(c1ccc2c(c1)OCC(C)CO2)c1cscc1C. The molecule has 0 spiro atoms. The number of hydrogen-bond donors (Lipinski definition) is 1. The monoisotopic (exact) mass is 303 g/mol. The normalized spacial score (nSPS) is 19.1. The van der Waals surface area contributed by atoms with E-state index in [1.54, 1.807) is 11.3 Å². The first-order valence-electron chi connectivity index (χ1n) is 7.28. The summed E-state index contributed by atoms with van der Waals surface area (Å²) in [6, 6.07) is 6.43. The topological polar surface area (TPSA) is 30.5 Å². The zero-order chi connectivity index (χ0) is 14.8. The number of aryl methyl sites for hydroxylation is 1. The summed E-state index contributed by atoms with van der Waals surface area (Å²) >= 11 is 1.74. The van der Waals surface area contributed by atoms with E-state index >= 15 is 0 Å². The van der Waals surface area contributed by atoms with E-state index in [2.05, 4.69) is 42.1 Å². The number of ether oxygens (including phenoxy) is 2. The van der Waals surface area contributed by atoms with Crippen molar-refractivity contribution in [3.05, 3.63) is 45.6 Å². The molecule has 0 saturated carbocycles. The molecule has 0 aliphatic carbocycles. The lowest BCUT2D eigenvalue weighted by Crippen LogP contribution is -2.18. The molecule has 1 aromatic carbocycles. The molecule has 1 aliphatic heterocycles. The van der Waals surface area contributed by atoms with Gasteiger partial charge in [-0.15, -0.1) is 0 Å². The molecule has 3 nitrogen and oxygen atoms in total. The first-order chi connectivity index (χ1) is 10.2. The molecule has 1 aliphatic rings. The number of hydrogen-bond acceptors (Lipinski definition) is 4. The summed E-state index contributed by atoms with van der Waals surface area (Å²) in [5.74, 6) is 2.12. The summed E-state index contributed by atoms with van der Waals surface area (Å²) in [6.07, 6.45) is 0. The maximum atomic E-state index is 5.89. The molecular formula is C17H21NO2S. The van der Waals surface area contributed by atoms with Crippen molar-refractivity contribution < 1.29 is 9.47 Å². The van der Waals surface area contributed by atoms with Crippen LogP contribution in [0.25, 0.3) is 0 Å². The number of rotatable bonds is 3. The van der Waals surface area contributed by atoms with Crippen LogP contribution in [-0.2, 0) is 0 Å². The number of nitrogens with one attached hydrogen (secondary N) is 1. The molecule has 2 heterocycles. The van der Waals surface area contributed by atoms with E-state index in [1.807, 2.05) is 13.1 Å². The molecule has 0 bridgehead atoms. The van der Waals surface area contributed by atoms with Gasteiger partial charge in [0.1, 0.15) is 0 Å². The molecule has 1 aromatic heterocycles. The molecule has 0 amide bonds. The van der Waals surface area contributed by atoms with Gasteiger partial charge in [-0.3, -0.25) is 0 Å². The number of fused-ring (bicyclic) bond motifs is 1. The van der Waals surface area contributed by atoms with Gasteiger partial charge in [0, 0.05) is 5.92 Å². The highest BCUT2D eigenvalue weighted by Crippen LogP contribution is 2.35. The standard InChI is InChI=1S/C17H21NO2S/c1-11-7-19-15-5-4-13(6-16(15)20-8-11)17(18-3)14-10-21-9-12(14)2/h4-6,9-11,17-18H,7-8H2,1-3H3. The first-order valence-corrected chi connectivity index (χ1v) is 8.23. The van der Waals surface area contributed by atoms with Crippen LogP contribution >= 0.6 is 11.3 Å². The summed E-state index contributed by atoms with van der Waals surface area (Å²) in [4.78, 5) is 0. The minimum atomic E-state index is 0.186. The van der Waals surface area contributed by atoms with E-state index in [-0.39, 0.29) is 6.04 Å². The van der Waals surface area contributed by atoms with Gasteiger partial charge >= 0.3 is 0 Å². The van der Waals surface area contributed by atoms with Gasteiger partial charge in [0.2, 0.25) is 0 Å². The molecule has 4 heteroatoms. The maximum absolute atomic E-state index is 5.89. The maximum Gasteiger partial charge on any atom is 0.161 e. The lowest BCUT2D eigenvalue weighted by Gasteiger charge is -2.18. The Labute approximate surface area is 129 Å². The minimum absolute atomic E-state index is 0.186. The number of benzene rings is 1. The third-order valence-electron chi connectivity index (χ3n) is 3.84. The van der Waals surface area contributed by atoms with Gasteiger partial charge < -0.3 is 14.8 Å². The van der Waals surface area contributed by atoms with E-state index in [0.29, 0.717) is 19.1 Å². The molecule has 112 valence electrons. The molecule has 0 radical (unpaired) electrons. The predicted octanol–water partition coefficient (Wildman–Crippen LogP) is 3.77. The van der Waals surface area contributed by atoms with Crippen molar-refractivity contribution in [2.24, 2.45) is 5.92 Å². The smallest absolute Gasteiger partial charge is 0.161 e. The van der Waals surface area contributed by atoms with Crippen LogP contribution in [0, 0.1) is 12.8 Å². The third-order valence-corrected chi connectivity index (χ3v) is 4.72. The van der Waals surface area contributed by atoms with Crippen molar-refractivity contribution in [2.75, 3.05) is 20.3 Å². The average molecular weight is 303 g/mol. The molecule has 0 fully saturated rings. The van der Waals surface area contributed by atoms with E-state index in [4.69, 9.17) is 9.47 Å². The lowest BCUT2D eigenvalue weighted by molar-refractivity contribution is 0.228. The second-order valence-corrected chi connectivity index (χ2v) is 6.41. The van der Waals surface area contributed by atoms with Crippen molar-refractivity contribution in [2.45, 2.75) is 19.9 Å². The summed E-state index contributed by atoms with van der Waals surface area (Å²) in [5, 5.41) is 7.80. The van der Waals surface area contributed by atoms with E-state index in [0.717, 1.165) is 11.5 Å². The van der Waals surface area contributed by atoms with Crippen LogP contribution in [0.4, 0.5) is 0 Å². The highest BCUT2D eigenvalue weighted by atomic mass is 32.1. The zero-order valence-electron chi connectivity index (χ0n) is 12.7. The molecule has 2 atom stereocenters. The van der Waals surface area contributed by atoms with Crippen molar-refractivity contribution >= 4 is 11.3 Å². The highest BCUT2D eigenvalue weighted by molar-refractivity contribution is 7.08. The Balaban J connectivity index is 1.94. The molecule has 2 aromatic rings. The van der Waals surface area contributed by atoms with E-state index in [1.165, 1.54) is 16.7 Å². The van der Waals surface area contributed by atoms with Crippen LogP contribution in [-0.4, -0.2) is 20.3 Å². The fourth-order valence-corrected chi connectivity index (χ4v) is 3.49. The van der Waals surface area contributed by atoms with Gasteiger partial charge in [-0.1, -0.05) is 13.0 Å². The van der Waals surface area contributed by atoms with Crippen molar-refractivity contribution in [3.8, 4) is 11.5 Å². The minimum Gasteiger partial charge on any atom is -0.489 e. The Morgan fingerprint density at radius 1 is 1.19 bits per heavy atom. The van der Waals surface area contributed by atoms with Crippen LogP contribution in [0.5, 0.6) is 11.5 Å². The van der Waals surface area contributed by atoms with Gasteiger partial charge in [-0.2, -0.15) is 11.3 Å². The molecule has 0 saturated heterocycles. The fourth-order valence-electron chi connectivity index (χ4n) is 2.62. The quantitative estimate of drug-likeness (QED) is 0.936. The summed E-state index contributed by atoms with van der Waals surface area (Å²) < 4.78 is 11.7. The second-order valence-electron chi connectivity index (χ2n) is 5.67. The Kier molecular flexibility index (Phi) is 4.17. The van der Waals surface area contributed by atoms with Gasteiger partial charge in [0.05, 0.1) is 19.3 Å². The van der Waals surface area contributed by atoms with Gasteiger partial charge in [-0.05, 0) is 53.6 Å². The molecule has 3 rings (SSSR count). The lowest BCUT2D eigenvalue weighted by atomic mass is 9.98. The van der Waals surface area contributed by atoms with Gasteiger partial charge in [-0.25, -0.2) is 0 Å². The third kappa shape index (κ3) is 2.92. The van der Waals surface area contributed by atoms with E-state index < -0.39 is 0 Å². The van der Waals surface area contributed by atoms with Crippen molar-refractivity contribution in [1.29, 1.82) is 0 Å². The molecular weight excluding hydrogens is 282 g/mol. The first kappa shape index (κ1) is 14.4. The van der Waals surface area contributed by atoms with Crippen LogP contribution in [0.3, 0.4) is 0 Å². The van der Waals surface area contributed by atoms with Crippen molar-refractivity contribution in [1.82, 2.24) is 5.32 Å². The summed E-state index contributed by atoms with van der Waals surface area (Å²) in [7, 11) is 1.99. The van der Waals surface area contributed by atoms with Crippen molar-refractivity contribution in [3.63, 3.8) is 0 Å². The Morgan fingerprint density at radius 2 is 1.95 bits per heavy atom. The molecule has 21 heavy (non-hydrogen) atoms. The van der Waals surface area contributed by atoms with Crippen LogP contribution < -0.4 is 14.8 Å². The highest BCUT2D eigenvalue weighted by Gasteiger charge is 2.20. The molecule has 2 unspecified atom stereocenters. The molecule has 1 N–H and O–H groups in total. The Hall–Kier alpha value is -1.52. The predicted molar refractivity (Wildman–Crippen MR) is 86.6 cm³/mol. The Morgan fingerprint density at radius 3 is 2.62 bits per heavy atom. The second kappa shape index (κ2) is 6.08. The number of thiophene rings is 1. The largest absolute Gasteiger partial charge is 0.489 e. The van der Waals surface area contributed by atoms with Crippen LogP contribution in [0.15, 0.2) is 29.0 Å². The van der Waals surface area contributed by atoms with Gasteiger partial charge in [0.25, 0.3) is 0 Å². The summed E-state index contributed by atoms with van der Waals surface area (Å²) in [6.45, 7) is 5.71. The zero-order valence-corrected chi connectivity index (χ0v) is 13.5. The Bertz CT molecular complexity index is 623. The average Bonchev–Trinajstić information content (AvgIpc) is 2.81. The van der Waals surface area contributed by atoms with E-state index in [9.17, 15) is 0 Å². The van der Waals surface area contributed by atoms with Crippen LogP contribution in [0.1, 0.15) is 29.7 Å². The fraction of sp³-hybridized carbons (Fsp3) is 0.412.